The van der Waals surface area contributed by atoms with Gasteiger partial charge in [0.15, 0.2) is 0 Å². The number of unbranched alkanes of at least 4 members (excludes halogenated alkanes) is 1. The Balaban J connectivity index is 0. The maximum Gasteiger partial charge on any atom is 0.303 e. The number of ether oxygens (including phenoxy) is 1. The molecule has 1 N–H and O–H groups in total. The Bertz CT molecular complexity index is 143. The van der Waals surface area contributed by atoms with Crippen LogP contribution in [0.15, 0.2) is 0 Å². The van der Waals surface area contributed by atoms with Crippen molar-refractivity contribution in [2.45, 2.75) is 40.0 Å². The molecule has 0 saturated heterocycles. The number of rotatable bonds is 4. The van der Waals surface area contributed by atoms with E-state index in [-0.39, 0.29) is 5.97 Å². The molecule has 0 heterocycles. The van der Waals surface area contributed by atoms with Crippen LogP contribution in [0.1, 0.15) is 40.0 Å². The molecule has 0 bridgehead atoms. The van der Waals surface area contributed by atoms with E-state index >= 15 is 0 Å². The van der Waals surface area contributed by atoms with Gasteiger partial charge in [-0.3, -0.25) is 9.59 Å². The van der Waals surface area contributed by atoms with E-state index in [1.165, 1.54) is 6.92 Å². The smallest absolute Gasteiger partial charge is 0.303 e. The van der Waals surface area contributed by atoms with Gasteiger partial charge in [0, 0.05) is 13.3 Å². The summed E-state index contributed by atoms with van der Waals surface area (Å²) >= 11 is 0. The summed E-state index contributed by atoms with van der Waals surface area (Å²) in [5.74, 6) is -0.903. The Kier molecular flexibility index (Phi) is 12.2. The molecule has 0 saturated carbocycles. The summed E-state index contributed by atoms with van der Waals surface area (Å²) in [6.07, 6.45) is 2.08. The van der Waals surface area contributed by atoms with E-state index < -0.39 is 5.97 Å². The maximum atomic E-state index is 9.82. The van der Waals surface area contributed by atoms with Crippen LogP contribution in [0.3, 0.4) is 0 Å². The molecule has 0 rings (SSSR count). The van der Waals surface area contributed by atoms with Crippen LogP contribution in [-0.4, -0.2) is 23.7 Å². The zero-order valence-electron chi connectivity index (χ0n) is 8.50. The van der Waals surface area contributed by atoms with Gasteiger partial charge in [-0.2, -0.15) is 0 Å². The van der Waals surface area contributed by atoms with E-state index in [1.807, 2.05) is 6.92 Å². The van der Waals surface area contributed by atoms with E-state index in [9.17, 15) is 9.59 Å². The van der Waals surface area contributed by atoms with E-state index in [2.05, 4.69) is 4.74 Å². The second-order valence-corrected chi connectivity index (χ2v) is 2.42. The summed E-state index contributed by atoms with van der Waals surface area (Å²) in [5, 5.41) is 8.04. The summed E-state index contributed by atoms with van der Waals surface area (Å²) in [6.45, 7) is 5.63. The normalized spacial score (nSPS) is 8.23. The van der Waals surface area contributed by atoms with Gasteiger partial charge >= 0.3 is 11.9 Å². The lowest BCUT2D eigenvalue weighted by Gasteiger charge is -1.89. The van der Waals surface area contributed by atoms with E-state index in [1.54, 1.807) is 6.92 Å². The van der Waals surface area contributed by atoms with Gasteiger partial charge in [0.2, 0.25) is 0 Å². The monoisotopic (exact) mass is 190 g/mol. The first-order valence-corrected chi connectivity index (χ1v) is 4.39. The summed E-state index contributed by atoms with van der Waals surface area (Å²) in [5.41, 5.74) is 0. The highest BCUT2D eigenvalue weighted by Gasteiger charge is 1.90. The second kappa shape index (κ2) is 10.9. The van der Waals surface area contributed by atoms with Crippen LogP contribution in [0, 0.1) is 0 Å². The number of carboxylic acid groups (broad SMARTS) is 1. The molecule has 0 fully saturated rings. The van der Waals surface area contributed by atoms with Gasteiger partial charge in [0.25, 0.3) is 0 Å². The minimum absolute atomic E-state index is 0.211. The molecular weight excluding hydrogens is 172 g/mol. The highest BCUT2D eigenvalue weighted by molar-refractivity contribution is 5.66. The number of hydrogen-bond donors (Lipinski definition) is 1. The number of carbonyl (C=O) groups is 2. The van der Waals surface area contributed by atoms with Crippen molar-refractivity contribution >= 4 is 11.9 Å². The minimum atomic E-state index is -0.693. The lowest BCUT2D eigenvalue weighted by Crippen LogP contribution is -1.95. The minimum Gasteiger partial charge on any atom is -0.481 e. The van der Waals surface area contributed by atoms with Crippen molar-refractivity contribution in [1.29, 1.82) is 0 Å². The van der Waals surface area contributed by atoms with E-state index in [0.717, 1.165) is 12.8 Å². The fraction of sp³-hybridized carbons (Fsp3) is 0.778. The maximum absolute atomic E-state index is 9.82. The Morgan fingerprint density at radius 1 is 1.31 bits per heavy atom. The Morgan fingerprint density at radius 3 is 1.92 bits per heavy atom. The highest BCUT2D eigenvalue weighted by Crippen LogP contribution is 1.91. The number of carboxylic acids is 1. The number of carbonyl (C=O) groups excluding carboxylic acids is 1. The Hall–Kier alpha value is -1.06. The largest absolute Gasteiger partial charge is 0.481 e. The van der Waals surface area contributed by atoms with Crippen LogP contribution in [0.25, 0.3) is 0 Å². The van der Waals surface area contributed by atoms with Gasteiger partial charge in [-0.15, -0.1) is 0 Å². The molecule has 0 aliphatic rings. The third-order valence-corrected chi connectivity index (χ3v) is 1.09. The van der Waals surface area contributed by atoms with Crippen molar-refractivity contribution in [2.75, 3.05) is 6.61 Å². The topological polar surface area (TPSA) is 63.6 Å². The first kappa shape index (κ1) is 14.5. The van der Waals surface area contributed by atoms with E-state index in [0.29, 0.717) is 13.0 Å². The third kappa shape index (κ3) is 24.8. The Morgan fingerprint density at radius 2 is 1.85 bits per heavy atom. The van der Waals surface area contributed by atoms with Crippen LogP contribution < -0.4 is 0 Å². The van der Waals surface area contributed by atoms with Gasteiger partial charge in [-0.05, 0) is 13.3 Å². The molecule has 0 aromatic rings. The predicted octanol–water partition coefficient (Wildman–Crippen LogP) is 1.83. The molecule has 0 aliphatic heterocycles. The fourth-order valence-electron chi connectivity index (χ4n) is 0.531. The molecule has 13 heavy (non-hydrogen) atoms. The summed E-state index contributed by atoms with van der Waals surface area (Å²) in [6, 6.07) is 0. The van der Waals surface area contributed by atoms with Crippen LogP contribution in [0.5, 0.6) is 0 Å². The van der Waals surface area contributed by atoms with Gasteiger partial charge in [0.1, 0.15) is 0 Å². The quantitative estimate of drug-likeness (QED) is 0.687. The fourth-order valence-corrected chi connectivity index (χ4v) is 0.531. The van der Waals surface area contributed by atoms with Crippen LogP contribution >= 0.6 is 0 Å². The second-order valence-electron chi connectivity index (χ2n) is 2.42. The predicted molar refractivity (Wildman–Crippen MR) is 49.5 cm³/mol. The number of aliphatic carboxylic acids is 1. The zero-order valence-corrected chi connectivity index (χ0v) is 8.50. The molecule has 0 spiro atoms. The van der Waals surface area contributed by atoms with Crippen molar-refractivity contribution in [3.05, 3.63) is 0 Å². The standard InChI is InChI=1S/C5H10O2.C4H8O2/c1-2-3-4-5(6)7;1-3-6-4(2)5/h2-4H2,1H3,(H,6,7);3H2,1-2H3. The van der Waals surface area contributed by atoms with E-state index in [4.69, 9.17) is 5.11 Å². The van der Waals surface area contributed by atoms with Crippen LogP contribution in [0.2, 0.25) is 0 Å². The number of hydrogen-bond acceptors (Lipinski definition) is 3. The van der Waals surface area contributed by atoms with Crippen molar-refractivity contribution in [3.8, 4) is 0 Å². The average Bonchev–Trinajstić information content (AvgIpc) is 2.01. The van der Waals surface area contributed by atoms with Gasteiger partial charge < -0.3 is 9.84 Å². The lowest BCUT2D eigenvalue weighted by atomic mass is 10.3. The molecule has 0 unspecified atom stereocenters. The molecule has 78 valence electrons. The van der Waals surface area contributed by atoms with Gasteiger partial charge in [-0.1, -0.05) is 13.3 Å². The third-order valence-electron chi connectivity index (χ3n) is 1.09. The van der Waals surface area contributed by atoms with Crippen molar-refractivity contribution in [3.63, 3.8) is 0 Å². The molecule has 4 heteroatoms. The summed E-state index contributed by atoms with van der Waals surface area (Å²) < 4.78 is 4.40. The zero-order chi connectivity index (χ0) is 10.7. The molecule has 0 atom stereocenters. The lowest BCUT2D eigenvalue weighted by molar-refractivity contribution is -0.140. The molecule has 0 amide bonds. The van der Waals surface area contributed by atoms with Crippen molar-refractivity contribution in [2.24, 2.45) is 0 Å². The van der Waals surface area contributed by atoms with Crippen molar-refractivity contribution < 1.29 is 19.4 Å². The van der Waals surface area contributed by atoms with Crippen LogP contribution in [0.4, 0.5) is 0 Å². The molecular formula is C9H18O4. The molecule has 0 aliphatic carbocycles. The average molecular weight is 190 g/mol. The first-order valence-electron chi connectivity index (χ1n) is 4.39. The SMILES string of the molecule is CCCCC(=O)O.CCOC(C)=O. The van der Waals surface area contributed by atoms with Crippen molar-refractivity contribution in [1.82, 2.24) is 0 Å². The van der Waals surface area contributed by atoms with Crippen LogP contribution in [-0.2, 0) is 14.3 Å². The highest BCUT2D eigenvalue weighted by atomic mass is 16.5. The molecule has 0 radical (unpaired) electrons. The first-order chi connectivity index (χ1) is 6.04. The van der Waals surface area contributed by atoms with Gasteiger partial charge in [-0.25, -0.2) is 0 Å². The molecule has 0 aromatic carbocycles. The summed E-state index contributed by atoms with van der Waals surface area (Å²) in [7, 11) is 0. The Labute approximate surface area is 78.9 Å². The molecule has 0 aromatic heterocycles. The number of esters is 1. The van der Waals surface area contributed by atoms with Gasteiger partial charge in [0.05, 0.1) is 6.61 Å². The molecule has 4 nitrogen and oxygen atoms in total. The summed E-state index contributed by atoms with van der Waals surface area (Å²) in [4.78, 5) is 19.6.